The van der Waals surface area contributed by atoms with Gasteiger partial charge < -0.3 is 0 Å². The van der Waals surface area contributed by atoms with Crippen molar-refractivity contribution in [1.82, 2.24) is 8.96 Å². The van der Waals surface area contributed by atoms with Gasteiger partial charge in [0, 0.05) is 12.5 Å². The molecule has 0 atom stereocenters. The van der Waals surface area contributed by atoms with Crippen molar-refractivity contribution in [3.8, 4) is 0 Å². The minimum atomic E-state index is -4.22. The lowest BCUT2D eigenvalue weighted by Crippen LogP contribution is -2.18. The third kappa shape index (κ3) is 3.50. The number of nitro benzene ring substituents is 1. The molecule has 1 aromatic heterocycles. The van der Waals surface area contributed by atoms with E-state index in [1.54, 1.807) is 24.3 Å². The molecule has 0 aliphatic heterocycles. The Morgan fingerprint density at radius 2 is 1.52 bits per heavy atom. The molecule has 0 unspecified atom stereocenters. The molecule has 4 rings (SSSR count). The van der Waals surface area contributed by atoms with E-state index in [1.807, 2.05) is 30.3 Å². The standard InChI is InChI=1S/C21H17N3O4S/c25-24(26)19-12-6-7-13-20(19)29(27,28)23-18-11-5-4-10-17(18)22-21(23)15-14-16-8-2-1-3-9-16/h1-13H,14-15H2. The van der Waals surface area contributed by atoms with Gasteiger partial charge >= 0.3 is 0 Å². The summed E-state index contributed by atoms with van der Waals surface area (Å²) in [6.07, 6.45) is 0.967. The van der Waals surface area contributed by atoms with Gasteiger partial charge in [-0.3, -0.25) is 10.1 Å². The van der Waals surface area contributed by atoms with Crippen molar-refractivity contribution >= 4 is 26.7 Å². The summed E-state index contributed by atoms with van der Waals surface area (Å²) in [5, 5.41) is 11.4. The van der Waals surface area contributed by atoms with Gasteiger partial charge in [-0.05, 0) is 30.2 Å². The Labute approximate surface area is 167 Å². The summed E-state index contributed by atoms with van der Waals surface area (Å²) in [5.74, 6) is 0.341. The molecule has 0 saturated heterocycles. The first-order valence-corrected chi connectivity index (χ1v) is 10.4. The number of imidazole rings is 1. The van der Waals surface area contributed by atoms with Crippen molar-refractivity contribution in [3.05, 3.63) is 100 Å². The van der Waals surface area contributed by atoms with Gasteiger partial charge in [0.15, 0.2) is 4.90 Å². The molecule has 4 aromatic rings. The maximum absolute atomic E-state index is 13.5. The van der Waals surface area contributed by atoms with Crippen LogP contribution in [0.4, 0.5) is 5.69 Å². The second-order valence-corrected chi connectivity index (χ2v) is 8.25. The molecule has 8 heteroatoms. The predicted molar refractivity (Wildman–Crippen MR) is 109 cm³/mol. The fraction of sp³-hybridized carbons (Fsp3) is 0.0952. The Kier molecular flexibility index (Phi) is 4.85. The Morgan fingerprint density at radius 1 is 0.862 bits per heavy atom. The molecule has 3 aromatic carbocycles. The predicted octanol–water partition coefficient (Wildman–Crippen LogP) is 3.97. The average Bonchev–Trinajstić information content (AvgIpc) is 3.12. The SMILES string of the molecule is O=[N+]([O-])c1ccccc1S(=O)(=O)n1c(CCc2ccccc2)nc2ccccc21. The highest BCUT2D eigenvalue weighted by atomic mass is 32.2. The molecule has 0 bridgehead atoms. The van der Waals surface area contributed by atoms with Crippen LogP contribution in [0.5, 0.6) is 0 Å². The normalized spacial score (nSPS) is 11.6. The number of hydrogen-bond donors (Lipinski definition) is 0. The Morgan fingerprint density at radius 3 is 2.28 bits per heavy atom. The summed E-state index contributed by atoms with van der Waals surface area (Å²) < 4.78 is 28.1. The third-order valence-corrected chi connectivity index (χ3v) is 6.43. The number of fused-ring (bicyclic) bond motifs is 1. The first-order valence-electron chi connectivity index (χ1n) is 8.98. The number of aromatic nitrogens is 2. The minimum absolute atomic E-state index is 0.341. The maximum atomic E-state index is 13.5. The second kappa shape index (κ2) is 7.48. The molecule has 146 valence electrons. The van der Waals surface area contributed by atoms with E-state index < -0.39 is 20.6 Å². The number of benzene rings is 3. The molecule has 0 spiro atoms. The molecule has 0 radical (unpaired) electrons. The monoisotopic (exact) mass is 407 g/mol. The summed E-state index contributed by atoms with van der Waals surface area (Å²) in [4.78, 5) is 14.9. The molecule has 0 fully saturated rings. The van der Waals surface area contributed by atoms with E-state index >= 15 is 0 Å². The highest BCUT2D eigenvalue weighted by molar-refractivity contribution is 7.90. The molecule has 0 N–H and O–H groups in total. The lowest BCUT2D eigenvalue weighted by Gasteiger charge is -2.11. The highest BCUT2D eigenvalue weighted by Crippen LogP contribution is 2.29. The first-order chi connectivity index (χ1) is 14.0. The van der Waals surface area contributed by atoms with Crippen LogP contribution in [-0.4, -0.2) is 22.3 Å². The van der Waals surface area contributed by atoms with Gasteiger partial charge in [0.25, 0.3) is 15.7 Å². The fourth-order valence-electron chi connectivity index (χ4n) is 3.30. The van der Waals surface area contributed by atoms with Crippen molar-refractivity contribution in [2.45, 2.75) is 17.7 Å². The lowest BCUT2D eigenvalue weighted by atomic mass is 10.1. The number of aryl methyl sites for hydroxylation is 2. The molecule has 1 heterocycles. The van der Waals surface area contributed by atoms with E-state index in [4.69, 9.17) is 0 Å². The summed E-state index contributed by atoms with van der Waals surface area (Å²) in [7, 11) is -4.22. The van der Waals surface area contributed by atoms with E-state index in [0.717, 1.165) is 9.54 Å². The topological polar surface area (TPSA) is 95.1 Å². The smallest absolute Gasteiger partial charge is 0.258 e. The zero-order chi connectivity index (χ0) is 20.4. The van der Waals surface area contributed by atoms with Crippen LogP contribution < -0.4 is 0 Å². The number of para-hydroxylation sites is 3. The van der Waals surface area contributed by atoms with Gasteiger partial charge in [0.1, 0.15) is 5.82 Å². The molecule has 0 saturated carbocycles. The van der Waals surface area contributed by atoms with Crippen LogP contribution in [0.25, 0.3) is 11.0 Å². The minimum Gasteiger partial charge on any atom is -0.258 e. The van der Waals surface area contributed by atoms with Gasteiger partial charge in [-0.25, -0.2) is 17.4 Å². The van der Waals surface area contributed by atoms with Crippen LogP contribution in [0.1, 0.15) is 11.4 Å². The molecule has 0 aliphatic rings. The van der Waals surface area contributed by atoms with Crippen LogP contribution >= 0.6 is 0 Å². The Balaban J connectivity index is 1.87. The van der Waals surface area contributed by atoms with E-state index in [9.17, 15) is 18.5 Å². The van der Waals surface area contributed by atoms with Gasteiger partial charge in [0.05, 0.1) is 16.0 Å². The van der Waals surface area contributed by atoms with E-state index in [0.29, 0.717) is 29.7 Å². The second-order valence-electron chi connectivity index (χ2n) is 6.50. The summed E-state index contributed by atoms with van der Waals surface area (Å²) in [5.41, 5.74) is 1.51. The highest BCUT2D eigenvalue weighted by Gasteiger charge is 2.30. The van der Waals surface area contributed by atoms with E-state index in [2.05, 4.69) is 4.98 Å². The van der Waals surface area contributed by atoms with Crippen LogP contribution in [-0.2, 0) is 22.9 Å². The largest absolute Gasteiger partial charge is 0.289 e. The molecule has 0 amide bonds. The van der Waals surface area contributed by atoms with E-state index in [1.165, 1.54) is 24.3 Å². The van der Waals surface area contributed by atoms with Crippen LogP contribution in [0.15, 0.2) is 83.8 Å². The van der Waals surface area contributed by atoms with Gasteiger partial charge in [-0.15, -0.1) is 0 Å². The summed E-state index contributed by atoms with van der Waals surface area (Å²) in [6, 6.07) is 21.9. The molecular weight excluding hydrogens is 390 g/mol. The Bertz CT molecular complexity index is 1300. The molecule has 0 aliphatic carbocycles. The third-order valence-electron chi connectivity index (χ3n) is 4.64. The number of hydrogen-bond acceptors (Lipinski definition) is 5. The van der Waals surface area contributed by atoms with Crippen LogP contribution in [0.2, 0.25) is 0 Å². The maximum Gasteiger partial charge on any atom is 0.289 e. The van der Waals surface area contributed by atoms with Gasteiger partial charge in [-0.2, -0.15) is 0 Å². The van der Waals surface area contributed by atoms with E-state index in [-0.39, 0.29) is 4.90 Å². The zero-order valence-electron chi connectivity index (χ0n) is 15.3. The van der Waals surface area contributed by atoms with Gasteiger partial charge in [0.2, 0.25) is 0 Å². The van der Waals surface area contributed by atoms with Crippen LogP contribution in [0.3, 0.4) is 0 Å². The Hall–Kier alpha value is -3.52. The van der Waals surface area contributed by atoms with Gasteiger partial charge in [-0.1, -0.05) is 54.6 Å². The summed E-state index contributed by atoms with van der Waals surface area (Å²) in [6.45, 7) is 0. The van der Waals surface area contributed by atoms with Crippen molar-refractivity contribution in [2.75, 3.05) is 0 Å². The van der Waals surface area contributed by atoms with Crippen molar-refractivity contribution in [3.63, 3.8) is 0 Å². The lowest BCUT2D eigenvalue weighted by molar-refractivity contribution is -0.387. The number of rotatable bonds is 6. The zero-order valence-corrected chi connectivity index (χ0v) is 16.1. The summed E-state index contributed by atoms with van der Waals surface area (Å²) >= 11 is 0. The molecule has 29 heavy (non-hydrogen) atoms. The molecular formula is C21H17N3O4S. The van der Waals surface area contributed by atoms with Crippen molar-refractivity contribution in [1.29, 1.82) is 0 Å². The van der Waals surface area contributed by atoms with Crippen LogP contribution in [0, 0.1) is 10.1 Å². The first kappa shape index (κ1) is 18.8. The number of nitrogens with zero attached hydrogens (tertiary/aromatic N) is 3. The van der Waals surface area contributed by atoms with Crippen molar-refractivity contribution in [2.24, 2.45) is 0 Å². The number of nitro groups is 1. The average molecular weight is 407 g/mol. The molecule has 7 nitrogen and oxygen atoms in total. The fourth-order valence-corrected chi connectivity index (χ4v) is 4.98. The van der Waals surface area contributed by atoms with Crippen molar-refractivity contribution < 1.29 is 13.3 Å². The quantitative estimate of drug-likeness (QED) is 0.356.